The van der Waals surface area contributed by atoms with Crippen molar-refractivity contribution < 1.29 is 23.9 Å². The maximum Gasteiger partial charge on any atom is 0.311 e. The van der Waals surface area contributed by atoms with E-state index in [1.54, 1.807) is 36.6 Å². The molecule has 1 N–H and O–H groups in total. The molecule has 0 bridgehead atoms. The summed E-state index contributed by atoms with van der Waals surface area (Å²) in [4.78, 5) is 59.0. The molecule has 1 atom stereocenters. The van der Waals surface area contributed by atoms with Crippen LogP contribution in [-0.4, -0.2) is 51.9 Å². The lowest BCUT2D eigenvalue weighted by molar-refractivity contribution is -0.142. The van der Waals surface area contributed by atoms with E-state index < -0.39 is 17.5 Å². The zero-order valence-corrected chi connectivity index (χ0v) is 18.9. The highest BCUT2D eigenvalue weighted by atomic mass is 32.1. The molecule has 0 aliphatic carbocycles. The van der Waals surface area contributed by atoms with Gasteiger partial charge in [0.15, 0.2) is 5.13 Å². The van der Waals surface area contributed by atoms with Crippen LogP contribution in [0.15, 0.2) is 29.6 Å². The van der Waals surface area contributed by atoms with Gasteiger partial charge in [0.2, 0.25) is 11.6 Å². The summed E-state index contributed by atoms with van der Waals surface area (Å²) in [6.07, 6.45) is 0.321. The number of carbonyl (C=O) groups is 4. The third kappa shape index (κ3) is 3.44. The lowest BCUT2D eigenvalue weighted by atomic mass is 9.94. The van der Waals surface area contributed by atoms with Gasteiger partial charge in [0.1, 0.15) is 0 Å². The Morgan fingerprint density at radius 2 is 2.03 bits per heavy atom. The molecule has 1 aromatic carbocycles. The van der Waals surface area contributed by atoms with E-state index in [2.05, 4.69) is 10.3 Å². The third-order valence-corrected chi connectivity index (χ3v) is 6.39. The average Bonchev–Trinajstić information content (AvgIpc) is 3.33. The molecule has 2 aromatic rings. The molecule has 9 nitrogen and oxygen atoms in total. The van der Waals surface area contributed by atoms with Crippen molar-refractivity contribution in [2.24, 2.45) is 0 Å². The van der Waals surface area contributed by atoms with Crippen molar-refractivity contribution >= 4 is 45.8 Å². The topological polar surface area (TPSA) is 109 Å². The molecule has 0 unspecified atom stereocenters. The third-order valence-electron chi connectivity index (χ3n) is 5.58. The standard InChI is InChI=1S/C22H24N4O5S/c1-4-31-18(28)11-14-12-32-21(23-14)24-20(30)22-10-9-17(27)26(22)16-8-6-5-7-15(16)19(29)25(22)13(2)3/h5-8,12-13H,4,9-11H2,1-3H3,(H,23,24,30)/t22-/m1/s1. The largest absolute Gasteiger partial charge is 0.466 e. The number of anilines is 2. The molecule has 10 heteroatoms. The summed E-state index contributed by atoms with van der Waals surface area (Å²) in [6, 6.07) is 6.52. The van der Waals surface area contributed by atoms with Crippen molar-refractivity contribution in [2.45, 2.75) is 51.7 Å². The number of hydrogen-bond acceptors (Lipinski definition) is 7. The maximum absolute atomic E-state index is 13.7. The van der Waals surface area contributed by atoms with Gasteiger partial charge in [0.25, 0.3) is 11.8 Å². The van der Waals surface area contributed by atoms with E-state index in [0.717, 1.165) is 0 Å². The van der Waals surface area contributed by atoms with Crippen LogP contribution < -0.4 is 10.2 Å². The Morgan fingerprint density at radius 3 is 2.75 bits per heavy atom. The monoisotopic (exact) mass is 456 g/mol. The van der Waals surface area contributed by atoms with Gasteiger partial charge in [-0.1, -0.05) is 12.1 Å². The van der Waals surface area contributed by atoms with Crippen molar-refractivity contribution in [1.82, 2.24) is 9.88 Å². The maximum atomic E-state index is 13.7. The van der Waals surface area contributed by atoms with Gasteiger partial charge < -0.3 is 9.64 Å². The van der Waals surface area contributed by atoms with Crippen LogP contribution in [0.2, 0.25) is 0 Å². The number of fused-ring (bicyclic) bond motifs is 3. The van der Waals surface area contributed by atoms with Gasteiger partial charge >= 0.3 is 5.97 Å². The molecule has 1 aromatic heterocycles. The minimum atomic E-state index is -1.48. The summed E-state index contributed by atoms with van der Waals surface area (Å²) < 4.78 is 4.93. The number of rotatable bonds is 6. The fourth-order valence-corrected chi connectivity index (χ4v) is 5.11. The Bertz CT molecular complexity index is 1100. The number of nitrogens with zero attached hydrogens (tertiary/aromatic N) is 3. The number of para-hydroxylation sites is 1. The summed E-state index contributed by atoms with van der Waals surface area (Å²) in [7, 11) is 0. The van der Waals surface area contributed by atoms with Crippen molar-refractivity contribution in [3.05, 3.63) is 40.9 Å². The molecular formula is C22H24N4O5S. The molecule has 2 aliphatic heterocycles. The lowest BCUT2D eigenvalue weighted by Crippen LogP contribution is -2.70. The normalized spacial score (nSPS) is 19.8. The van der Waals surface area contributed by atoms with E-state index >= 15 is 0 Å². The molecule has 0 saturated carbocycles. The molecular weight excluding hydrogens is 432 g/mol. The van der Waals surface area contributed by atoms with E-state index in [0.29, 0.717) is 16.9 Å². The van der Waals surface area contributed by atoms with Crippen LogP contribution in [0.25, 0.3) is 0 Å². The Kier molecular flexibility index (Phi) is 5.72. The highest BCUT2D eigenvalue weighted by Crippen LogP contribution is 2.45. The first-order valence-electron chi connectivity index (χ1n) is 10.5. The smallest absolute Gasteiger partial charge is 0.311 e. The minimum absolute atomic E-state index is 0.0000550. The quantitative estimate of drug-likeness (QED) is 0.669. The van der Waals surface area contributed by atoms with Gasteiger partial charge in [-0.05, 0) is 32.9 Å². The molecule has 1 saturated heterocycles. The van der Waals surface area contributed by atoms with E-state index in [1.165, 1.54) is 21.1 Å². The highest BCUT2D eigenvalue weighted by Gasteiger charge is 2.61. The van der Waals surface area contributed by atoms with Crippen LogP contribution in [0.5, 0.6) is 0 Å². The summed E-state index contributed by atoms with van der Waals surface area (Å²) in [5, 5.41) is 4.74. The fourth-order valence-electron chi connectivity index (χ4n) is 4.41. The van der Waals surface area contributed by atoms with Gasteiger partial charge in [0, 0.05) is 24.3 Å². The molecule has 1 fully saturated rings. The van der Waals surface area contributed by atoms with Gasteiger partial charge in [-0.3, -0.25) is 29.4 Å². The molecule has 0 spiro atoms. The Morgan fingerprint density at radius 1 is 1.28 bits per heavy atom. The van der Waals surface area contributed by atoms with Crippen molar-refractivity contribution in [2.75, 3.05) is 16.8 Å². The second-order valence-corrected chi connectivity index (χ2v) is 8.77. The average molecular weight is 457 g/mol. The van der Waals surface area contributed by atoms with E-state index in [-0.39, 0.29) is 48.9 Å². The predicted octanol–water partition coefficient (Wildman–Crippen LogP) is 2.57. The molecule has 32 heavy (non-hydrogen) atoms. The van der Waals surface area contributed by atoms with Crippen molar-refractivity contribution in [1.29, 1.82) is 0 Å². The number of benzene rings is 1. The zero-order valence-electron chi connectivity index (χ0n) is 18.1. The molecule has 0 radical (unpaired) electrons. The van der Waals surface area contributed by atoms with Crippen LogP contribution >= 0.6 is 11.3 Å². The molecule has 3 amide bonds. The second kappa shape index (κ2) is 8.34. The van der Waals surface area contributed by atoms with Crippen LogP contribution in [0.3, 0.4) is 0 Å². The highest BCUT2D eigenvalue weighted by molar-refractivity contribution is 7.14. The number of carbonyl (C=O) groups excluding carboxylic acids is 4. The number of nitrogens with one attached hydrogen (secondary N) is 1. The number of amides is 3. The van der Waals surface area contributed by atoms with Crippen LogP contribution in [0, 0.1) is 0 Å². The minimum Gasteiger partial charge on any atom is -0.466 e. The van der Waals surface area contributed by atoms with E-state index in [1.807, 2.05) is 13.8 Å². The van der Waals surface area contributed by atoms with Crippen LogP contribution in [0.1, 0.15) is 49.7 Å². The van der Waals surface area contributed by atoms with Gasteiger partial charge in [0.05, 0.1) is 30.0 Å². The first-order chi connectivity index (χ1) is 15.3. The molecule has 4 rings (SSSR count). The van der Waals surface area contributed by atoms with Gasteiger partial charge in [-0.15, -0.1) is 11.3 Å². The van der Waals surface area contributed by atoms with Crippen LogP contribution in [-0.2, 0) is 25.5 Å². The van der Waals surface area contributed by atoms with Gasteiger partial charge in [-0.25, -0.2) is 4.98 Å². The number of ether oxygens (including phenoxy) is 1. The summed E-state index contributed by atoms with van der Waals surface area (Å²) in [5.41, 5.74) is -0.171. The fraction of sp³-hybridized carbons (Fsp3) is 0.409. The first kappa shape index (κ1) is 21.9. The first-order valence-corrected chi connectivity index (χ1v) is 11.3. The number of esters is 1. The summed E-state index contributed by atoms with van der Waals surface area (Å²) in [5.74, 6) is -1.41. The van der Waals surface area contributed by atoms with E-state index in [9.17, 15) is 19.2 Å². The number of hydrogen-bond donors (Lipinski definition) is 1. The Labute approximate surface area is 189 Å². The Balaban J connectivity index is 1.69. The lowest BCUT2D eigenvalue weighted by Gasteiger charge is -2.50. The number of aromatic nitrogens is 1. The van der Waals surface area contributed by atoms with Crippen molar-refractivity contribution in [3.63, 3.8) is 0 Å². The van der Waals surface area contributed by atoms with E-state index in [4.69, 9.17) is 4.74 Å². The zero-order chi connectivity index (χ0) is 23.0. The molecule has 2 aliphatic rings. The molecule has 168 valence electrons. The Hall–Kier alpha value is -3.27. The summed E-state index contributed by atoms with van der Waals surface area (Å²) >= 11 is 1.17. The number of thiazole rings is 1. The van der Waals surface area contributed by atoms with Gasteiger partial charge in [-0.2, -0.15) is 0 Å². The summed E-state index contributed by atoms with van der Waals surface area (Å²) in [6.45, 7) is 5.65. The van der Waals surface area contributed by atoms with Crippen molar-refractivity contribution in [3.8, 4) is 0 Å². The predicted molar refractivity (Wildman–Crippen MR) is 118 cm³/mol. The second-order valence-electron chi connectivity index (χ2n) is 7.91. The SMILES string of the molecule is CCOC(=O)Cc1csc(NC(=O)[C@@]23CCC(=O)N2c2ccccc2C(=O)N3C(C)C)n1. The van der Waals surface area contributed by atoms with Crippen LogP contribution in [0.4, 0.5) is 10.8 Å². The molecule has 3 heterocycles.